The van der Waals surface area contributed by atoms with Gasteiger partial charge in [-0.1, -0.05) is 36.4 Å². The van der Waals surface area contributed by atoms with Crippen LogP contribution in [0.3, 0.4) is 0 Å². The molecule has 0 bridgehead atoms. The van der Waals surface area contributed by atoms with Crippen molar-refractivity contribution in [3.05, 3.63) is 65.7 Å². The molecule has 128 valence electrons. The van der Waals surface area contributed by atoms with Gasteiger partial charge in [-0.3, -0.25) is 0 Å². The Morgan fingerprint density at radius 3 is 2.40 bits per heavy atom. The first kappa shape index (κ1) is 18.2. The van der Waals surface area contributed by atoms with E-state index < -0.39 is 16.1 Å². The Morgan fingerprint density at radius 1 is 1.12 bits per heavy atom. The highest BCUT2D eigenvalue weighted by atomic mass is 32.2. The number of rotatable bonds is 6. The van der Waals surface area contributed by atoms with Crippen molar-refractivity contribution in [3.8, 4) is 11.8 Å². The van der Waals surface area contributed by atoms with E-state index in [1.807, 2.05) is 0 Å². The van der Waals surface area contributed by atoms with Gasteiger partial charge < -0.3 is 8.92 Å². The molecule has 0 aromatic heterocycles. The molecule has 0 aliphatic carbocycles. The van der Waals surface area contributed by atoms with Crippen LogP contribution in [-0.2, 0) is 19.6 Å². The summed E-state index contributed by atoms with van der Waals surface area (Å²) >= 11 is 0. The SMILES string of the molecule is CCOC(=O)/C(C#N)=C\c1ccccc1OS(=O)(=O)c1ccccc1. The van der Waals surface area contributed by atoms with E-state index in [0.29, 0.717) is 0 Å². The van der Waals surface area contributed by atoms with Crippen molar-refractivity contribution in [2.24, 2.45) is 0 Å². The molecule has 0 unspecified atom stereocenters. The molecule has 2 aromatic carbocycles. The standard InChI is InChI=1S/C18H15NO5S/c1-2-23-18(20)15(13-19)12-14-8-6-7-11-17(14)24-25(21,22)16-9-4-3-5-10-16/h3-12H,2H2,1H3/b15-12-. The van der Waals surface area contributed by atoms with Crippen LogP contribution in [-0.4, -0.2) is 21.0 Å². The van der Waals surface area contributed by atoms with E-state index in [9.17, 15) is 13.2 Å². The third kappa shape index (κ3) is 4.68. The molecular weight excluding hydrogens is 342 g/mol. The van der Waals surface area contributed by atoms with Gasteiger partial charge in [0.05, 0.1) is 6.61 Å². The lowest BCUT2D eigenvalue weighted by atomic mass is 10.1. The molecule has 0 saturated carbocycles. The van der Waals surface area contributed by atoms with E-state index in [0.717, 1.165) is 0 Å². The van der Waals surface area contributed by atoms with Gasteiger partial charge in [-0.05, 0) is 31.2 Å². The van der Waals surface area contributed by atoms with E-state index in [-0.39, 0.29) is 28.4 Å². The Bertz CT molecular complexity index is 927. The van der Waals surface area contributed by atoms with Gasteiger partial charge in [-0.25, -0.2) is 4.79 Å². The maximum Gasteiger partial charge on any atom is 0.348 e. The summed E-state index contributed by atoms with van der Waals surface area (Å²) in [5, 5.41) is 9.11. The predicted molar refractivity (Wildman–Crippen MR) is 90.9 cm³/mol. The smallest absolute Gasteiger partial charge is 0.348 e. The van der Waals surface area contributed by atoms with Gasteiger partial charge in [0, 0.05) is 5.56 Å². The molecule has 0 atom stereocenters. The van der Waals surface area contributed by atoms with Crippen LogP contribution in [0, 0.1) is 11.3 Å². The lowest BCUT2D eigenvalue weighted by Gasteiger charge is -2.09. The third-order valence-corrected chi connectivity index (χ3v) is 4.31. The van der Waals surface area contributed by atoms with Crippen LogP contribution in [0.25, 0.3) is 6.08 Å². The Hall–Kier alpha value is -3.11. The molecule has 7 heteroatoms. The quantitative estimate of drug-likeness (QED) is 0.341. The Kier molecular flexibility index (Phi) is 5.93. The summed E-state index contributed by atoms with van der Waals surface area (Å²) in [4.78, 5) is 11.7. The second kappa shape index (κ2) is 8.13. The van der Waals surface area contributed by atoms with Crippen molar-refractivity contribution in [2.45, 2.75) is 11.8 Å². The fourth-order valence-electron chi connectivity index (χ4n) is 1.93. The summed E-state index contributed by atoms with van der Waals surface area (Å²) in [6.07, 6.45) is 1.23. The van der Waals surface area contributed by atoms with Crippen LogP contribution in [0.5, 0.6) is 5.75 Å². The third-order valence-electron chi connectivity index (χ3n) is 3.07. The molecule has 0 saturated heterocycles. The van der Waals surface area contributed by atoms with Gasteiger partial charge in [-0.2, -0.15) is 13.7 Å². The number of nitriles is 1. The van der Waals surface area contributed by atoms with Gasteiger partial charge in [0.1, 0.15) is 22.3 Å². The zero-order valence-corrected chi connectivity index (χ0v) is 14.2. The van der Waals surface area contributed by atoms with E-state index in [1.54, 1.807) is 43.3 Å². The number of nitrogens with zero attached hydrogens (tertiary/aromatic N) is 1. The maximum absolute atomic E-state index is 12.3. The van der Waals surface area contributed by atoms with Crippen molar-refractivity contribution in [1.29, 1.82) is 5.26 Å². The van der Waals surface area contributed by atoms with E-state index in [1.165, 1.54) is 30.3 Å². The van der Waals surface area contributed by atoms with Gasteiger partial charge in [0.15, 0.2) is 0 Å². The normalized spacial score (nSPS) is 11.4. The summed E-state index contributed by atoms with van der Waals surface area (Å²) < 4.78 is 34.7. The van der Waals surface area contributed by atoms with Gasteiger partial charge in [-0.15, -0.1) is 0 Å². The maximum atomic E-state index is 12.3. The molecule has 0 heterocycles. The highest BCUT2D eigenvalue weighted by Gasteiger charge is 2.18. The average molecular weight is 357 g/mol. The van der Waals surface area contributed by atoms with Crippen molar-refractivity contribution in [3.63, 3.8) is 0 Å². The summed E-state index contributed by atoms with van der Waals surface area (Å²) in [7, 11) is -4.04. The molecule has 0 N–H and O–H groups in total. The highest BCUT2D eigenvalue weighted by molar-refractivity contribution is 7.87. The molecule has 2 rings (SSSR count). The van der Waals surface area contributed by atoms with Crippen molar-refractivity contribution >= 4 is 22.2 Å². The average Bonchev–Trinajstić information content (AvgIpc) is 2.61. The van der Waals surface area contributed by atoms with Gasteiger partial charge in [0.25, 0.3) is 0 Å². The predicted octanol–water partition coefficient (Wildman–Crippen LogP) is 2.92. The monoisotopic (exact) mass is 357 g/mol. The largest absolute Gasteiger partial charge is 0.462 e. The minimum absolute atomic E-state index is 0.000294. The molecule has 0 aliphatic rings. The number of hydrogen-bond acceptors (Lipinski definition) is 6. The lowest BCUT2D eigenvalue weighted by molar-refractivity contribution is -0.137. The molecule has 0 aliphatic heterocycles. The second-order valence-corrected chi connectivity index (χ2v) is 6.32. The first-order valence-corrected chi connectivity index (χ1v) is 8.76. The minimum atomic E-state index is -4.04. The number of hydrogen-bond donors (Lipinski definition) is 0. The van der Waals surface area contributed by atoms with Crippen LogP contribution < -0.4 is 4.18 Å². The topological polar surface area (TPSA) is 93.5 Å². The van der Waals surface area contributed by atoms with Crippen molar-refractivity contribution in [2.75, 3.05) is 6.61 Å². The first-order chi connectivity index (χ1) is 12.0. The molecule has 6 nitrogen and oxygen atoms in total. The Labute approximate surface area is 146 Å². The second-order valence-electron chi connectivity index (χ2n) is 4.78. The Morgan fingerprint density at radius 2 is 1.76 bits per heavy atom. The first-order valence-electron chi connectivity index (χ1n) is 7.35. The molecule has 0 radical (unpaired) electrons. The van der Waals surface area contributed by atoms with Crippen LogP contribution >= 0.6 is 0 Å². The van der Waals surface area contributed by atoms with Gasteiger partial charge in [0.2, 0.25) is 0 Å². The molecule has 25 heavy (non-hydrogen) atoms. The summed E-state index contributed by atoms with van der Waals surface area (Å²) in [5.74, 6) is -0.783. The number of ether oxygens (including phenoxy) is 1. The summed E-state index contributed by atoms with van der Waals surface area (Å²) in [6, 6.07) is 15.6. The molecule has 2 aromatic rings. The summed E-state index contributed by atoms with van der Waals surface area (Å²) in [6.45, 7) is 1.74. The fourth-order valence-corrected chi connectivity index (χ4v) is 2.91. The lowest BCUT2D eigenvalue weighted by Crippen LogP contribution is -2.10. The number of carbonyl (C=O) groups excluding carboxylic acids is 1. The molecule has 0 amide bonds. The molecule has 0 spiro atoms. The number of carbonyl (C=O) groups is 1. The summed E-state index contributed by atoms with van der Waals surface area (Å²) in [5.41, 5.74) is 0.0154. The van der Waals surface area contributed by atoms with E-state index >= 15 is 0 Å². The van der Waals surface area contributed by atoms with Crippen molar-refractivity contribution in [1.82, 2.24) is 0 Å². The number of esters is 1. The van der Waals surface area contributed by atoms with Crippen LogP contribution in [0.2, 0.25) is 0 Å². The minimum Gasteiger partial charge on any atom is -0.462 e. The van der Waals surface area contributed by atoms with Crippen LogP contribution in [0.15, 0.2) is 65.1 Å². The Balaban J connectivity index is 2.39. The van der Waals surface area contributed by atoms with Crippen molar-refractivity contribution < 1.29 is 22.1 Å². The zero-order chi connectivity index (χ0) is 18.3. The van der Waals surface area contributed by atoms with Crippen LogP contribution in [0.1, 0.15) is 12.5 Å². The zero-order valence-electron chi connectivity index (χ0n) is 13.4. The van der Waals surface area contributed by atoms with Gasteiger partial charge >= 0.3 is 16.1 Å². The number of benzene rings is 2. The highest BCUT2D eigenvalue weighted by Crippen LogP contribution is 2.25. The fraction of sp³-hybridized carbons (Fsp3) is 0.111. The van der Waals surface area contributed by atoms with E-state index in [4.69, 9.17) is 14.2 Å². The number of para-hydroxylation sites is 1. The van der Waals surface area contributed by atoms with E-state index in [2.05, 4.69) is 0 Å². The molecular formula is C18H15NO5S. The molecule has 0 fully saturated rings. The van der Waals surface area contributed by atoms with Crippen LogP contribution in [0.4, 0.5) is 0 Å².